The Morgan fingerprint density at radius 3 is 2.25 bits per heavy atom. The van der Waals surface area contributed by atoms with Crippen molar-refractivity contribution in [3.05, 3.63) is 47.2 Å². The number of hydrogen-bond acceptors (Lipinski definition) is 6. The predicted octanol–water partition coefficient (Wildman–Crippen LogP) is 3.00. The SMILES string of the molecule is Cc1nn(-c2ccccc2)c(N2CCCC2)c1C=C1C(=O)OC(C)(C)OC1=O. The average Bonchev–Trinajstić information content (AvgIpc) is 3.26. The van der Waals surface area contributed by atoms with E-state index in [1.165, 1.54) is 13.8 Å². The molecule has 0 spiro atoms. The molecule has 0 unspecified atom stereocenters. The first-order valence-electron chi connectivity index (χ1n) is 9.44. The quantitative estimate of drug-likeness (QED) is 0.462. The molecule has 0 aliphatic carbocycles. The summed E-state index contributed by atoms with van der Waals surface area (Å²) in [5.74, 6) is -1.74. The second kappa shape index (κ2) is 6.82. The smallest absolute Gasteiger partial charge is 0.348 e. The van der Waals surface area contributed by atoms with E-state index in [-0.39, 0.29) is 5.57 Å². The maximum Gasteiger partial charge on any atom is 0.348 e. The van der Waals surface area contributed by atoms with Crippen LogP contribution in [-0.4, -0.2) is 40.6 Å². The van der Waals surface area contributed by atoms with E-state index in [1.807, 2.05) is 41.9 Å². The molecule has 2 aliphatic heterocycles. The number of aryl methyl sites for hydroxylation is 1. The van der Waals surface area contributed by atoms with Gasteiger partial charge in [-0.3, -0.25) is 0 Å². The predicted molar refractivity (Wildman–Crippen MR) is 104 cm³/mol. The zero-order valence-electron chi connectivity index (χ0n) is 16.3. The number of carbonyl (C=O) groups excluding carboxylic acids is 2. The summed E-state index contributed by atoms with van der Waals surface area (Å²) in [6.07, 6.45) is 3.73. The van der Waals surface area contributed by atoms with Gasteiger partial charge in [-0.2, -0.15) is 5.10 Å². The van der Waals surface area contributed by atoms with Gasteiger partial charge in [-0.15, -0.1) is 0 Å². The molecule has 28 heavy (non-hydrogen) atoms. The highest BCUT2D eigenvalue weighted by atomic mass is 16.7. The first-order valence-corrected chi connectivity index (χ1v) is 9.44. The number of hydrogen-bond donors (Lipinski definition) is 0. The molecule has 1 aromatic carbocycles. The fourth-order valence-corrected chi connectivity index (χ4v) is 3.60. The van der Waals surface area contributed by atoms with Crippen molar-refractivity contribution in [2.24, 2.45) is 0 Å². The van der Waals surface area contributed by atoms with Gasteiger partial charge in [0.05, 0.1) is 11.4 Å². The lowest BCUT2D eigenvalue weighted by atomic mass is 10.1. The highest BCUT2D eigenvalue weighted by Crippen LogP contribution is 2.33. The Bertz CT molecular complexity index is 932. The van der Waals surface area contributed by atoms with Crippen molar-refractivity contribution in [1.82, 2.24) is 9.78 Å². The molecule has 146 valence electrons. The van der Waals surface area contributed by atoms with Crippen LogP contribution in [0.1, 0.15) is 37.9 Å². The van der Waals surface area contributed by atoms with Crippen LogP contribution in [0.2, 0.25) is 0 Å². The molecule has 0 atom stereocenters. The number of rotatable bonds is 3. The van der Waals surface area contributed by atoms with Gasteiger partial charge in [0, 0.05) is 32.5 Å². The molecule has 0 bridgehead atoms. The lowest BCUT2D eigenvalue weighted by Crippen LogP contribution is -2.41. The number of carbonyl (C=O) groups is 2. The molecule has 2 aliphatic rings. The van der Waals surface area contributed by atoms with E-state index in [4.69, 9.17) is 14.6 Å². The molecule has 0 radical (unpaired) electrons. The first kappa shape index (κ1) is 18.3. The third-order valence-corrected chi connectivity index (χ3v) is 4.89. The topological polar surface area (TPSA) is 73.7 Å². The second-order valence-corrected chi connectivity index (χ2v) is 7.50. The normalized spacial score (nSPS) is 18.8. The van der Waals surface area contributed by atoms with Crippen molar-refractivity contribution in [2.45, 2.75) is 39.4 Å². The highest BCUT2D eigenvalue weighted by Gasteiger charge is 2.39. The van der Waals surface area contributed by atoms with Crippen molar-refractivity contribution in [2.75, 3.05) is 18.0 Å². The van der Waals surface area contributed by atoms with Gasteiger partial charge in [0.25, 0.3) is 5.79 Å². The van der Waals surface area contributed by atoms with Gasteiger partial charge in [-0.1, -0.05) is 18.2 Å². The Hall–Kier alpha value is -3.09. The number of nitrogens with zero attached hydrogens (tertiary/aromatic N) is 3. The van der Waals surface area contributed by atoms with Gasteiger partial charge in [-0.05, 0) is 38.0 Å². The first-order chi connectivity index (χ1) is 13.4. The Kier molecular flexibility index (Phi) is 4.45. The van der Waals surface area contributed by atoms with Gasteiger partial charge in [0.1, 0.15) is 11.4 Å². The van der Waals surface area contributed by atoms with E-state index in [1.54, 1.807) is 6.08 Å². The van der Waals surface area contributed by atoms with E-state index < -0.39 is 17.7 Å². The Balaban J connectivity index is 1.84. The van der Waals surface area contributed by atoms with Crippen molar-refractivity contribution in [1.29, 1.82) is 0 Å². The minimum Gasteiger partial charge on any atom is -0.419 e. The van der Waals surface area contributed by atoms with Crippen LogP contribution in [0.15, 0.2) is 35.9 Å². The van der Waals surface area contributed by atoms with E-state index in [2.05, 4.69) is 4.90 Å². The van der Waals surface area contributed by atoms with Crippen LogP contribution in [0.25, 0.3) is 11.8 Å². The number of esters is 2. The second-order valence-electron chi connectivity index (χ2n) is 7.50. The summed E-state index contributed by atoms with van der Waals surface area (Å²) >= 11 is 0. The maximum atomic E-state index is 12.4. The monoisotopic (exact) mass is 381 g/mol. The minimum atomic E-state index is -1.26. The van der Waals surface area contributed by atoms with E-state index in [9.17, 15) is 9.59 Å². The third kappa shape index (κ3) is 3.28. The number of aromatic nitrogens is 2. The standard InChI is InChI=1S/C21H23N3O4/c1-14-16(13-17-19(25)27-21(2,3)28-20(17)26)18(23-11-7-8-12-23)24(22-14)15-9-5-4-6-10-15/h4-6,9-10,13H,7-8,11-12H2,1-3H3. The van der Waals surface area contributed by atoms with Crippen LogP contribution in [0.5, 0.6) is 0 Å². The molecular weight excluding hydrogens is 358 g/mol. The van der Waals surface area contributed by atoms with Crippen molar-refractivity contribution in [3.63, 3.8) is 0 Å². The van der Waals surface area contributed by atoms with Crippen LogP contribution in [-0.2, 0) is 19.1 Å². The fraction of sp³-hybridized carbons (Fsp3) is 0.381. The summed E-state index contributed by atoms with van der Waals surface area (Å²) in [6, 6.07) is 9.82. The molecule has 2 saturated heterocycles. The Labute approximate surface area is 163 Å². The molecule has 2 aromatic rings. The molecule has 0 saturated carbocycles. The van der Waals surface area contributed by atoms with Gasteiger partial charge >= 0.3 is 11.9 Å². The maximum absolute atomic E-state index is 12.4. The molecule has 7 nitrogen and oxygen atoms in total. The molecule has 3 heterocycles. The van der Waals surface area contributed by atoms with Crippen LogP contribution in [0.3, 0.4) is 0 Å². The van der Waals surface area contributed by atoms with E-state index >= 15 is 0 Å². The van der Waals surface area contributed by atoms with Gasteiger partial charge in [-0.25, -0.2) is 14.3 Å². The summed E-state index contributed by atoms with van der Waals surface area (Å²) in [5, 5.41) is 4.70. The zero-order valence-corrected chi connectivity index (χ0v) is 16.3. The molecule has 2 fully saturated rings. The summed E-state index contributed by atoms with van der Waals surface area (Å²) in [7, 11) is 0. The summed E-state index contributed by atoms with van der Waals surface area (Å²) in [5.41, 5.74) is 2.26. The molecule has 7 heteroatoms. The van der Waals surface area contributed by atoms with Gasteiger partial charge in [0.2, 0.25) is 0 Å². The van der Waals surface area contributed by atoms with E-state index in [0.717, 1.165) is 48.7 Å². The number of anilines is 1. The third-order valence-electron chi connectivity index (χ3n) is 4.89. The molecule has 4 rings (SSSR count). The van der Waals surface area contributed by atoms with Crippen molar-refractivity contribution in [3.8, 4) is 5.69 Å². The Morgan fingerprint density at radius 1 is 1.04 bits per heavy atom. The summed E-state index contributed by atoms with van der Waals surface area (Å²) < 4.78 is 12.3. The van der Waals surface area contributed by atoms with Crippen molar-refractivity contribution >= 4 is 23.8 Å². The molecule has 0 N–H and O–H groups in total. The van der Waals surface area contributed by atoms with Crippen LogP contribution in [0.4, 0.5) is 5.82 Å². The van der Waals surface area contributed by atoms with Crippen LogP contribution < -0.4 is 4.90 Å². The Morgan fingerprint density at radius 2 is 1.64 bits per heavy atom. The lowest BCUT2D eigenvalue weighted by molar-refractivity contribution is -0.222. The number of benzene rings is 1. The fourth-order valence-electron chi connectivity index (χ4n) is 3.60. The number of ether oxygens (including phenoxy) is 2. The molecule has 0 amide bonds. The summed E-state index contributed by atoms with van der Waals surface area (Å²) in [6.45, 7) is 6.74. The van der Waals surface area contributed by atoms with Gasteiger partial charge in [0.15, 0.2) is 0 Å². The number of cyclic esters (lactones) is 2. The van der Waals surface area contributed by atoms with Crippen LogP contribution in [0, 0.1) is 6.92 Å². The lowest BCUT2D eigenvalue weighted by Gasteiger charge is -2.30. The zero-order chi connectivity index (χ0) is 19.9. The van der Waals surface area contributed by atoms with E-state index in [0.29, 0.717) is 0 Å². The molecular formula is C21H23N3O4. The summed E-state index contributed by atoms with van der Waals surface area (Å²) in [4.78, 5) is 27.1. The highest BCUT2D eigenvalue weighted by molar-refractivity contribution is 6.19. The van der Waals surface area contributed by atoms with Crippen molar-refractivity contribution < 1.29 is 19.1 Å². The molecule has 1 aromatic heterocycles. The average molecular weight is 381 g/mol. The number of para-hydroxylation sites is 1. The largest absolute Gasteiger partial charge is 0.419 e. The van der Waals surface area contributed by atoms with Crippen LogP contribution >= 0.6 is 0 Å². The van der Waals surface area contributed by atoms with Gasteiger partial charge < -0.3 is 14.4 Å². The minimum absolute atomic E-state index is 0.115.